The Bertz CT molecular complexity index is 428. The van der Waals surface area contributed by atoms with Crippen LogP contribution >= 0.6 is 11.6 Å². The lowest BCUT2D eigenvalue weighted by atomic mass is 10.1. The van der Waals surface area contributed by atoms with E-state index in [1.807, 2.05) is 31.2 Å². The van der Waals surface area contributed by atoms with Crippen molar-refractivity contribution in [2.75, 3.05) is 31.1 Å². The van der Waals surface area contributed by atoms with Crippen LogP contribution in [0.4, 0.5) is 5.69 Å². The molecule has 0 N–H and O–H groups in total. The fourth-order valence-corrected chi connectivity index (χ4v) is 2.57. The Morgan fingerprint density at radius 3 is 2.39 bits per heavy atom. The lowest BCUT2D eigenvalue weighted by molar-refractivity contribution is -0.121. The average Bonchev–Trinajstić information content (AvgIpc) is 2.38. The van der Waals surface area contributed by atoms with Crippen LogP contribution in [0.1, 0.15) is 13.8 Å². The zero-order valence-electron chi connectivity index (χ0n) is 10.9. The van der Waals surface area contributed by atoms with Gasteiger partial charge in [0, 0.05) is 26.2 Å². The van der Waals surface area contributed by atoms with E-state index in [0.29, 0.717) is 0 Å². The Labute approximate surface area is 113 Å². The number of para-hydroxylation sites is 1. The molecule has 0 aliphatic carbocycles. The van der Waals surface area contributed by atoms with Gasteiger partial charge in [-0.25, -0.2) is 0 Å². The summed E-state index contributed by atoms with van der Waals surface area (Å²) in [5.41, 5.74) is 1.09. The molecule has 0 radical (unpaired) electrons. The number of benzene rings is 1. The lowest BCUT2D eigenvalue weighted by Gasteiger charge is -2.38. The summed E-state index contributed by atoms with van der Waals surface area (Å²) in [5, 5.41) is 0.797. The molecule has 1 heterocycles. The van der Waals surface area contributed by atoms with Crippen molar-refractivity contribution in [3.8, 4) is 0 Å². The van der Waals surface area contributed by atoms with Crippen molar-refractivity contribution in [1.29, 1.82) is 0 Å². The van der Waals surface area contributed by atoms with Crippen LogP contribution in [0.2, 0.25) is 5.02 Å². The van der Waals surface area contributed by atoms with Gasteiger partial charge in [0.15, 0.2) is 0 Å². The van der Waals surface area contributed by atoms with Gasteiger partial charge in [0.25, 0.3) is 0 Å². The third-order valence-electron chi connectivity index (χ3n) is 3.64. The van der Waals surface area contributed by atoms with Gasteiger partial charge in [-0.2, -0.15) is 0 Å². The minimum absolute atomic E-state index is 0.0263. The Kier molecular flexibility index (Phi) is 4.25. The molecule has 18 heavy (non-hydrogen) atoms. The molecule has 1 aromatic carbocycles. The first-order valence-electron chi connectivity index (χ1n) is 6.33. The van der Waals surface area contributed by atoms with Gasteiger partial charge in [0.05, 0.1) is 16.8 Å². The van der Waals surface area contributed by atoms with E-state index in [-0.39, 0.29) is 11.8 Å². The van der Waals surface area contributed by atoms with Crippen molar-refractivity contribution in [2.24, 2.45) is 0 Å². The molecule has 1 fully saturated rings. The normalized spacial score (nSPS) is 18.7. The van der Waals surface area contributed by atoms with Crippen molar-refractivity contribution in [3.05, 3.63) is 29.3 Å². The highest BCUT2D eigenvalue weighted by atomic mass is 35.5. The number of hydrogen-bond acceptors (Lipinski definition) is 3. The molecule has 0 spiro atoms. The highest BCUT2D eigenvalue weighted by Crippen LogP contribution is 2.26. The quantitative estimate of drug-likeness (QED) is 0.840. The fourth-order valence-electron chi connectivity index (χ4n) is 2.32. The van der Waals surface area contributed by atoms with E-state index in [9.17, 15) is 4.79 Å². The van der Waals surface area contributed by atoms with Gasteiger partial charge >= 0.3 is 0 Å². The Hall–Kier alpha value is -1.06. The molecule has 1 saturated heterocycles. The van der Waals surface area contributed by atoms with Crippen molar-refractivity contribution >= 4 is 23.1 Å². The van der Waals surface area contributed by atoms with Crippen molar-refractivity contribution in [2.45, 2.75) is 19.9 Å². The van der Waals surface area contributed by atoms with E-state index in [2.05, 4.69) is 9.80 Å². The lowest BCUT2D eigenvalue weighted by Crippen LogP contribution is -2.51. The number of piperazine rings is 1. The van der Waals surface area contributed by atoms with Crippen LogP contribution in [-0.2, 0) is 4.79 Å². The second kappa shape index (κ2) is 5.72. The van der Waals surface area contributed by atoms with Gasteiger partial charge in [0.1, 0.15) is 5.78 Å². The first-order valence-corrected chi connectivity index (χ1v) is 6.71. The molecule has 1 unspecified atom stereocenters. The van der Waals surface area contributed by atoms with E-state index in [1.54, 1.807) is 6.92 Å². The summed E-state index contributed by atoms with van der Waals surface area (Å²) in [6.45, 7) is 7.29. The third kappa shape index (κ3) is 2.85. The number of nitrogens with zero attached hydrogens (tertiary/aromatic N) is 2. The summed E-state index contributed by atoms with van der Waals surface area (Å²) in [7, 11) is 0. The van der Waals surface area contributed by atoms with E-state index in [0.717, 1.165) is 36.9 Å². The number of rotatable bonds is 3. The molecule has 3 nitrogen and oxygen atoms in total. The molecule has 0 saturated carbocycles. The minimum atomic E-state index is 0.0263. The Morgan fingerprint density at radius 2 is 1.83 bits per heavy atom. The molecule has 98 valence electrons. The predicted octanol–water partition coefficient (Wildman–Crippen LogP) is 2.44. The number of ketones is 1. The van der Waals surface area contributed by atoms with E-state index in [1.165, 1.54) is 0 Å². The summed E-state index contributed by atoms with van der Waals surface area (Å²) in [4.78, 5) is 15.9. The number of anilines is 1. The Morgan fingerprint density at radius 1 is 1.22 bits per heavy atom. The molecule has 1 atom stereocenters. The molecule has 4 heteroatoms. The number of hydrogen-bond donors (Lipinski definition) is 0. The van der Waals surface area contributed by atoms with Gasteiger partial charge in [-0.15, -0.1) is 0 Å². The third-order valence-corrected chi connectivity index (χ3v) is 3.96. The van der Waals surface area contributed by atoms with Gasteiger partial charge in [-0.3, -0.25) is 9.69 Å². The molecule has 0 aromatic heterocycles. The maximum Gasteiger partial charge on any atom is 0.146 e. The SMILES string of the molecule is CC(=O)C(C)N1CCN(c2ccccc2Cl)CC1. The monoisotopic (exact) mass is 266 g/mol. The molecular weight excluding hydrogens is 248 g/mol. The van der Waals surface area contributed by atoms with Crippen LogP contribution in [0.3, 0.4) is 0 Å². The molecule has 1 aliphatic heterocycles. The van der Waals surface area contributed by atoms with Crippen LogP contribution in [0.15, 0.2) is 24.3 Å². The van der Waals surface area contributed by atoms with Gasteiger partial charge in [-0.1, -0.05) is 23.7 Å². The highest BCUT2D eigenvalue weighted by molar-refractivity contribution is 6.33. The van der Waals surface area contributed by atoms with E-state index in [4.69, 9.17) is 11.6 Å². The Balaban J connectivity index is 1.99. The van der Waals surface area contributed by atoms with Crippen LogP contribution in [0.25, 0.3) is 0 Å². The number of carbonyl (C=O) groups excluding carboxylic acids is 1. The molecule has 0 bridgehead atoms. The standard InChI is InChI=1S/C14H19ClN2O/c1-11(12(2)18)16-7-9-17(10-8-16)14-6-4-3-5-13(14)15/h3-6,11H,7-10H2,1-2H3. The number of halogens is 1. The van der Waals surface area contributed by atoms with Crippen LogP contribution in [0.5, 0.6) is 0 Å². The largest absolute Gasteiger partial charge is 0.368 e. The summed E-state index contributed by atoms with van der Waals surface area (Å²) < 4.78 is 0. The highest BCUT2D eigenvalue weighted by Gasteiger charge is 2.24. The number of carbonyl (C=O) groups is 1. The summed E-state index contributed by atoms with van der Waals surface area (Å²) in [5.74, 6) is 0.237. The zero-order valence-corrected chi connectivity index (χ0v) is 11.7. The fraction of sp³-hybridized carbons (Fsp3) is 0.500. The van der Waals surface area contributed by atoms with Crippen LogP contribution in [0, 0.1) is 0 Å². The molecule has 1 aliphatic rings. The van der Waals surface area contributed by atoms with Gasteiger partial charge in [-0.05, 0) is 26.0 Å². The van der Waals surface area contributed by atoms with E-state index >= 15 is 0 Å². The van der Waals surface area contributed by atoms with Crippen molar-refractivity contribution in [1.82, 2.24) is 4.90 Å². The summed E-state index contributed by atoms with van der Waals surface area (Å²) in [6.07, 6.45) is 0. The molecule has 1 aromatic rings. The first kappa shape index (κ1) is 13.4. The average molecular weight is 267 g/mol. The molecule has 2 rings (SSSR count). The second-order valence-electron chi connectivity index (χ2n) is 4.76. The predicted molar refractivity (Wildman–Crippen MR) is 75.4 cm³/mol. The molecule has 0 amide bonds. The van der Waals surface area contributed by atoms with Crippen molar-refractivity contribution < 1.29 is 4.79 Å². The number of Topliss-reactive ketones (excluding diaryl/α,β-unsaturated/α-hetero) is 1. The molecular formula is C14H19ClN2O. The zero-order chi connectivity index (χ0) is 13.1. The van der Waals surface area contributed by atoms with Gasteiger partial charge < -0.3 is 4.90 Å². The topological polar surface area (TPSA) is 23.6 Å². The summed E-state index contributed by atoms with van der Waals surface area (Å²) >= 11 is 6.20. The summed E-state index contributed by atoms with van der Waals surface area (Å²) in [6, 6.07) is 7.94. The van der Waals surface area contributed by atoms with Gasteiger partial charge in [0.2, 0.25) is 0 Å². The smallest absolute Gasteiger partial charge is 0.146 e. The van der Waals surface area contributed by atoms with Crippen LogP contribution < -0.4 is 4.90 Å². The van der Waals surface area contributed by atoms with Crippen molar-refractivity contribution in [3.63, 3.8) is 0 Å². The minimum Gasteiger partial charge on any atom is -0.368 e. The first-order chi connectivity index (χ1) is 8.59. The van der Waals surface area contributed by atoms with Crippen LogP contribution in [-0.4, -0.2) is 42.9 Å². The maximum atomic E-state index is 11.4. The van der Waals surface area contributed by atoms with E-state index < -0.39 is 0 Å². The maximum absolute atomic E-state index is 11.4. The second-order valence-corrected chi connectivity index (χ2v) is 5.17.